The maximum absolute atomic E-state index is 10.8. The first-order chi connectivity index (χ1) is 8.85. The summed E-state index contributed by atoms with van der Waals surface area (Å²) in [5.41, 5.74) is 2.82. The molecule has 0 spiro atoms. The fourth-order valence-corrected chi connectivity index (χ4v) is 1.92. The Bertz CT molecular complexity index is 571. The van der Waals surface area contributed by atoms with Crippen LogP contribution in [0.1, 0.15) is 23.2 Å². The van der Waals surface area contributed by atoms with Gasteiger partial charge in [0.05, 0.1) is 6.10 Å². The first-order valence-electron chi connectivity index (χ1n) is 6.17. The Morgan fingerprint density at radius 2 is 1.72 bits per heavy atom. The molecular formula is C16H14O2. The number of ether oxygens (including phenoxy) is 1. The van der Waals surface area contributed by atoms with Gasteiger partial charge in [0.2, 0.25) is 0 Å². The van der Waals surface area contributed by atoms with Crippen molar-refractivity contribution in [3.63, 3.8) is 0 Å². The lowest BCUT2D eigenvalue weighted by Gasteiger charge is -2.07. The summed E-state index contributed by atoms with van der Waals surface area (Å²) in [5.74, 6) is 0.909. The molecule has 0 N–H and O–H groups in total. The summed E-state index contributed by atoms with van der Waals surface area (Å²) < 4.78 is 5.77. The topological polar surface area (TPSA) is 26.3 Å². The van der Waals surface area contributed by atoms with Crippen LogP contribution in [0.4, 0.5) is 0 Å². The second-order valence-corrected chi connectivity index (χ2v) is 4.59. The summed E-state index contributed by atoms with van der Waals surface area (Å²) in [6, 6.07) is 15.6. The van der Waals surface area contributed by atoms with Gasteiger partial charge in [0.1, 0.15) is 12.0 Å². The predicted octanol–water partition coefficient (Wildman–Crippen LogP) is 3.71. The quantitative estimate of drug-likeness (QED) is 0.759. The van der Waals surface area contributed by atoms with Crippen molar-refractivity contribution in [2.75, 3.05) is 0 Å². The Labute approximate surface area is 106 Å². The summed E-state index contributed by atoms with van der Waals surface area (Å²) in [7, 11) is 0. The van der Waals surface area contributed by atoms with Crippen LogP contribution in [-0.2, 0) is 0 Å². The lowest BCUT2D eigenvalue weighted by Crippen LogP contribution is -1.95. The van der Waals surface area contributed by atoms with Gasteiger partial charge in [0.25, 0.3) is 0 Å². The van der Waals surface area contributed by atoms with Gasteiger partial charge in [-0.1, -0.05) is 30.3 Å². The third-order valence-corrected chi connectivity index (χ3v) is 3.02. The van der Waals surface area contributed by atoms with Crippen molar-refractivity contribution in [3.05, 3.63) is 54.1 Å². The van der Waals surface area contributed by atoms with Gasteiger partial charge in [0, 0.05) is 5.56 Å². The molecule has 0 atom stereocenters. The van der Waals surface area contributed by atoms with Crippen LogP contribution in [0, 0.1) is 0 Å². The first kappa shape index (κ1) is 11.0. The number of carbonyl (C=O) groups excluding carboxylic acids is 1. The Morgan fingerprint density at radius 1 is 1.00 bits per heavy atom. The van der Waals surface area contributed by atoms with Gasteiger partial charge in [-0.25, -0.2) is 0 Å². The van der Waals surface area contributed by atoms with Crippen LogP contribution in [0.25, 0.3) is 11.1 Å². The van der Waals surface area contributed by atoms with E-state index >= 15 is 0 Å². The van der Waals surface area contributed by atoms with Crippen LogP contribution >= 0.6 is 0 Å². The molecule has 3 rings (SSSR count). The summed E-state index contributed by atoms with van der Waals surface area (Å²) in [6.07, 6.45) is 3.59. The number of benzene rings is 2. The molecule has 1 saturated carbocycles. The van der Waals surface area contributed by atoms with E-state index in [1.807, 2.05) is 42.5 Å². The molecule has 2 aromatic carbocycles. The smallest absolute Gasteiger partial charge is 0.150 e. The highest BCUT2D eigenvalue weighted by atomic mass is 16.5. The highest BCUT2D eigenvalue weighted by Crippen LogP contribution is 2.29. The third kappa shape index (κ3) is 2.43. The van der Waals surface area contributed by atoms with E-state index in [0.29, 0.717) is 11.7 Å². The molecule has 1 fully saturated rings. The van der Waals surface area contributed by atoms with Crippen molar-refractivity contribution in [1.82, 2.24) is 0 Å². The normalized spacial score (nSPS) is 14.2. The van der Waals surface area contributed by atoms with Crippen molar-refractivity contribution >= 4 is 6.29 Å². The van der Waals surface area contributed by atoms with Gasteiger partial charge in [0.15, 0.2) is 0 Å². The number of rotatable bonds is 4. The molecule has 0 saturated heterocycles. The molecule has 0 amide bonds. The highest BCUT2D eigenvalue weighted by Gasteiger charge is 2.23. The highest BCUT2D eigenvalue weighted by molar-refractivity contribution is 5.79. The molecular weight excluding hydrogens is 224 g/mol. The second kappa shape index (κ2) is 4.65. The molecule has 0 radical (unpaired) electrons. The number of carbonyl (C=O) groups is 1. The van der Waals surface area contributed by atoms with Crippen molar-refractivity contribution < 1.29 is 9.53 Å². The Morgan fingerprint density at radius 3 is 2.44 bits per heavy atom. The predicted molar refractivity (Wildman–Crippen MR) is 70.9 cm³/mol. The van der Waals surface area contributed by atoms with Crippen molar-refractivity contribution in [2.45, 2.75) is 18.9 Å². The van der Waals surface area contributed by atoms with Gasteiger partial charge in [-0.2, -0.15) is 0 Å². The van der Waals surface area contributed by atoms with E-state index in [9.17, 15) is 4.79 Å². The van der Waals surface area contributed by atoms with Crippen LogP contribution in [0.3, 0.4) is 0 Å². The first-order valence-corrected chi connectivity index (χ1v) is 6.17. The van der Waals surface area contributed by atoms with Gasteiger partial charge >= 0.3 is 0 Å². The summed E-state index contributed by atoms with van der Waals surface area (Å²) in [6.45, 7) is 0. The van der Waals surface area contributed by atoms with E-state index in [4.69, 9.17) is 4.74 Å². The number of hydrogen-bond donors (Lipinski definition) is 0. The maximum Gasteiger partial charge on any atom is 0.150 e. The van der Waals surface area contributed by atoms with E-state index in [2.05, 4.69) is 0 Å². The van der Waals surface area contributed by atoms with Crippen molar-refractivity contribution in [2.24, 2.45) is 0 Å². The average molecular weight is 238 g/mol. The minimum absolute atomic E-state index is 0.404. The van der Waals surface area contributed by atoms with E-state index in [1.54, 1.807) is 6.07 Å². The molecule has 0 aromatic heterocycles. The summed E-state index contributed by atoms with van der Waals surface area (Å²) >= 11 is 0. The molecule has 1 aliphatic carbocycles. The second-order valence-electron chi connectivity index (χ2n) is 4.59. The number of hydrogen-bond acceptors (Lipinski definition) is 2. The van der Waals surface area contributed by atoms with Gasteiger partial charge in [-0.3, -0.25) is 4.79 Å². The van der Waals surface area contributed by atoms with Crippen LogP contribution in [0.2, 0.25) is 0 Å². The van der Waals surface area contributed by atoms with Crippen LogP contribution in [-0.4, -0.2) is 12.4 Å². The molecule has 0 bridgehead atoms. The van der Waals surface area contributed by atoms with E-state index < -0.39 is 0 Å². The van der Waals surface area contributed by atoms with Crippen LogP contribution < -0.4 is 4.74 Å². The monoisotopic (exact) mass is 238 g/mol. The van der Waals surface area contributed by atoms with Crippen LogP contribution in [0.15, 0.2) is 48.5 Å². The fourth-order valence-electron chi connectivity index (χ4n) is 1.92. The lowest BCUT2D eigenvalue weighted by atomic mass is 10.0. The molecule has 90 valence electrons. The van der Waals surface area contributed by atoms with Crippen molar-refractivity contribution in [3.8, 4) is 16.9 Å². The Kier molecular flexibility index (Phi) is 2.85. The zero-order valence-electron chi connectivity index (χ0n) is 10.0. The van der Waals surface area contributed by atoms with Gasteiger partial charge in [-0.05, 0) is 42.2 Å². The molecule has 2 heteroatoms. The van der Waals surface area contributed by atoms with Crippen LogP contribution in [0.5, 0.6) is 5.75 Å². The van der Waals surface area contributed by atoms with Gasteiger partial charge in [-0.15, -0.1) is 0 Å². The molecule has 18 heavy (non-hydrogen) atoms. The van der Waals surface area contributed by atoms with E-state index in [-0.39, 0.29) is 0 Å². The van der Waals surface area contributed by atoms with E-state index in [1.165, 1.54) is 0 Å². The van der Waals surface area contributed by atoms with Gasteiger partial charge < -0.3 is 4.74 Å². The molecule has 2 aromatic rings. The zero-order chi connectivity index (χ0) is 12.4. The molecule has 0 aliphatic heterocycles. The largest absolute Gasteiger partial charge is 0.490 e. The Hall–Kier alpha value is -2.09. The molecule has 1 aliphatic rings. The minimum Gasteiger partial charge on any atom is -0.490 e. The van der Waals surface area contributed by atoms with E-state index in [0.717, 1.165) is 36.0 Å². The minimum atomic E-state index is 0.404. The SMILES string of the molecule is O=Cc1cccc(-c2cccc(OC3CC3)c2)c1. The molecule has 0 unspecified atom stereocenters. The summed E-state index contributed by atoms with van der Waals surface area (Å²) in [5, 5.41) is 0. The molecule has 0 heterocycles. The maximum atomic E-state index is 10.8. The average Bonchev–Trinajstić information content (AvgIpc) is 3.23. The third-order valence-electron chi connectivity index (χ3n) is 3.02. The summed E-state index contributed by atoms with van der Waals surface area (Å²) in [4.78, 5) is 10.8. The molecule has 2 nitrogen and oxygen atoms in total. The zero-order valence-corrected chi connectivity index (χ0v) is 10.0. The van der Waals surface area contributed by atoms with Crippen molar-refractivity contribution in [1.29, 1.82) is 0 Å². The standard InChI is InChI=1S/C16H14O2/c17-11-12-3-1-4-13(9-12)14-5-2-6-16(10-14)18-15-7-8-15/h1-6,9-11,15H,7-8H2. The fraction of sp³-hybridized carbons (Fsp3) is 0.188. The Balaban J connectivity index is 1.91. The number of aldehydes is 1. The lowest BCUT2D eigenvalue weighted by molar-refractivity contribution is 0.112.